The predicted molar refractivity (Wildman–Crippen MR) is 98.1 cm³/mol. The molecule has 0 aliphatic heterocycles. The van der Waals surface area contributed by atoms with Crippen molar-refractivity contribution in [3.8, 4) is 22.7 Å². The van der Waals surface area contributed by atoms with E-state index in [1.807, 2.05) is 64.5 Å². The largest absolute Gasteiger partial charge is 0.497 e. The summed E-state index contributed by atoms with van der Waals surface area (Å²) >= 11 is 1.49. The number of thiazole rings is 1. The minimum absolute atomic E-state index is 0.0125. The summed E-state index contributed by atoms with van der Waals surface area (Å²) in [5, 5.41) is 2.04. The fourth-order valence-electron chi connectivity index (χ4n) is 2.41. The second kappa shape index (κ2) is 7.81. The molecule has 0 amide bonds. The lowest BCUT2D eigenvalue weighted by molar-refractivity contribution is -0.138. The van der Waals surface area contributed by atoms with Crippen LogP contribution in [0, 0.1) is 0 Å². The van der Waals surface area contributed by atoms with Crippen molar-refractivity contribution in [2.24, 2.45) is 4.99 Å². The molecule has 0 saturated carbocycles. The van der Waals surface area contributed by atoms with Crippen molar-refractivity contribution >= 4 is 17.3 Å². The minimum Gasteiger partial charge on any atom is -0.497 e. The van der Waals surface area contributed by atoms with Crippen LogP contribution in [0.4, 0.5) is 0 Å². The van der Waals surface area contributed by atoms with Gasteiger partial charge in [-0.25, -0.2) is 4.99 Å². The zero-order valence-electron chi connectivity index (χ0n) is 14.0. The number of esters is 1. The zero-order chi connectivity index (χ0) is 17.6. The molecule has 2 aromatic carbocycles. The molecule has 128 valence electrons. The summed E-state index contributed by atoms with van der Waals surface area (Å²) < 4.78 is 11.9. The first kappa shape index (κ1) is 17.0. The summed E-state index contributed by atoms with van der Waals surface area (Å²) in [6, 6.07) is 17.8. The van der Waals surface area contributed by atoms with Crippen molar-refractivity contribution in [2.75, 3.05) is 20.8 Å². The molecule has 5 nitrogen and oxygen atoms in total. The summed E-state index contributed by atoms with van der Waals surface area (Å²) in [6.45, 7) is -0.0125. The van der Waals surface area contributed by atoms with E-state index in [4.69, 9.17) is 4.74 Å². The van der Waals surface area contributed by atoms with Crippen molar-refractivity contribution in [3.05, 3.63) is 64.8 Å². The van der Waals surface area contributed by atoms with Gasteiger partial charge in [-0.15, -0.1) is 11.3 Å². The van der Waals surface area contributed by atoms with Crippen LogP contribution < -0.4 is 9.54 Å². The molecule has 0 saturated heterocycles. The van der Waals surface area contributed by atoms with Gasteiger partial charge in [-0.1, -0.05) is 30.3 Å². The van der Waals surface area contributed by atoms with E-state index in [2.05, 4.69) is 9.73 Å². The lowest BCUT2D eigenvalue weighted by atomic mass is 10.1. The van der Waals surface area contributed by atoms with Crippen LogP contribution in [0.3, 0.4) is 0 Å². The Hall–Kier alpha value is -2.86. The molecule has 0 N–H and O–H groups in total. The SMILES string of the molecule is COC(=O)CN=c1scc(-c2ccccc2)n1-c1ccc(OC)cc1. The molecular weight excluding hydrogens is 336 g/mol. The van der Waals surface area contributed by atoms with Crippen LogP contribution >= 0.6 is 11.3 Å². The Morgan fingerprint density at radius 3 is 2.44 bits per heavy atom. The second-order valence-electron chi connectivity index (χ2n) is 5.20. The highest BCUT2D eigenvalue weighted by Gasteiger charge is 2.10. The first-order chi connectivity index (χ1) is 12.2. The van der Waals surface area contributed by atoms with Crippen molar-refractivity contribution in [1.29, 1.82) is 0 Å². The maximum atomic E-state index is 11.5. The van der Waals surface area contributed by atoms with E-state index < -0.39 is 0 Å². The highest BCUT2D eigenvalue weighted by atomic mass is 32.1. The third kappa shape index (κ3) is 3.80. The molecule has 3 rings (SSSR count). The Bertz CT molecular complexity index is 912. The van der Waals surface area contributed by atoms with E-state index >= 15 is 0 Å². The number of nitrogens with zero attached hydrogens (tertiary/aromatic N) is 2. The molecule has 0 spiro atoms. The van der Waals surface area contributed by atoms with E-state index in [0.29, 0.717) is 0 Å². The van der Waals surface area contributed by atoms with Crippen LogP contribution in [-0.2, 0) is 9.53 Å². The maximum Gasteiger partial charge on any atom is 0.327 e. The molecule has 0 aliphatic rings. The fourth-order valence-corrected chi connectivity index (χ4v) is 3.32. The number of benzene rings is 2. The van der Waals surface area contributed by atoms with E-state index in [1.165, 1.54) is 18.4 Å². The van der Waals surface area contributed by atoms with Crippen LogP contribution in [0.15, 0.2) is 65.0 Å². The smallest absolute Gasteiger partial charge is 0.327 e. The second-order valence-corrected chi connectivity index (χ2v) is 6.03. The van der Waals surface area contributed by atoms with Crippen LogP contribution in [-0.4, -0.2) is 31.3 Å². The van der Waals surface area contributed by atoms with Crippen molar-refractivity contribution in [3.63, 3.8) is 0 Å². The monoisotopic (exact) mass is 354 g/mol. The van der Waals surface area contributed by atoms with E-state index in [-0.39, 0.29) is 12.5 Å². The summed E-state index contributed by atoms with van der Waals surface area (Å²) in [4.78, 5) is 16.6. The molecule has 3 aromatic rings. The van der Waals surface area contributed by atoms with Crippen LogP contribution in [0.25, 0.3) is 16.9 Å². The summed E-state index contributed by atoms with van der Waals surface area (Å²) in [7, 11) is 3.00. The van der Waals surface area contributed by atoms with Crippen molar-refractivity contribution < 1.29 is 14.3 Å². The Morgan fingerprint density at radius 1 is 1.08 bits per heavy atom. The molecule has 25 heavy (non-hydrogen) atoms. The fraction of sp³-hybridized carbons (Fsp3) is 0.158. The van der Waals surface area contributed by atoms with Gasteiger partial charge in [0.1, 0.15) is 12.3 Å². The predicted octanol–water partition coefficient (Wildman–Crippen LogP) is 3.29. The highest BCUT2D eigenvalue weighted by Crippen LogP contribution is 2.24. The van der Waals surface area contributed by atoms with Gasteiger partial charge in [0.05, 0.1) is 19.9 Å². The van der Waals surface area contributed by atoms with Gasteiger partial charge in [0.25, 0.3) is 0 Å². The van der Waals surface area contributed by atoms with E-state index in [9.17, 15) is 4.79 Å². The van der Waals surface area contributed by atoms with Gasteiger partial charge in [-0.2, -0.15) is 0 Å². The quantitative estimate of drug-likeness (QED) is 0.661. The average Bonchev–Trinajstić information content (AvgIpc) is 3.10. The van der Waals surface area contributed by atoms with Gasteiger partial charge in [0.15, 0.2) is 4.80 Å². The lowest BCUT2D eigenvalue weighted by Crippen LogP contribution is -2.17. The van der Waals surface area contributed by atoms with Gasteiger partial charge in [-0.05, 0) is 29.8 Å². The van der Waals surface area contributed by atoms with E-state index in [1.54, 1.807) is 7.11 Å². The Balaban J connectivity index is 2.13. The number of ether oxygens (including phenoxy) is 2. The zero-order valence-corrected chi connectivity index (χ0v) is 14.8. The van der Waals surface area contributed by atoms with Gasteiger partial charge >= 0.3 is 5.97 Å². The Kier molecular flexibility index (Phi) is 5.30. The normalized spacial score (nSPS) is 11.4. The topological polar surface area (TPSA) is 52.8 Å². The number of carbonyl (C=O) groups is 1. The van der Waals surface area contributed by atoms with Crippen molar-refractivity contribution in [1.82, 2.24) is 4.57 Å². The van der Waals surface area contributed by atoms with Crippen LogP contribution in [0.5, 0.6) is 5.75 Å². The molecule has 1 heterocycles. The first-order valence-electron chi connectivity index (χ1n) is 7.70. The molecule has 1 aromatic heterocycles. The third-order valence-electron chi connectivity index (χ3n) is 3.68. The van der Waals surface area contributed by atoms with Crippen molar-refractivity contribution in [2.45, 2.75) is 0 Å². The number of hydrogen-bond donors (Lipinski definition) is 0. The molecule has 0 radical (unpaired) electrons. The highest BCUT2D eigenvalue weighted by molar-refractivity contribution is 7.07. The molecule has 0 bridgehead atoms. The number of rotatable bonds is 5. The van der Waals surface area contributed by atoms with Gasteiger partial charge in [-0.3, -0.25) is 9.36 Å². The molecule has 0 unspecified atom stereocenters. The van der Waals surface area contributed by atoms with E-state index in [0.717, 1.165) is 27.5 Å². The Labute approximate surface area is 149 Å². The molecule has 0 fully saturated rings. The van der Waals surface area contributed by atoms with Crippen LogP contribution in [0.1, 0.15) is 0 Å². The van der Waals surface area contributed by atoms with Gasteiger partial charge in [0.2, 0.25) is 0 Å². The maximum absolute atomic E-state index is 11.5. The Morgan fingerprint density at radius 2 is 1.80 bits per heavy atom. The minimum atomic E-state index is -0.365. The number of hydrogen-bond acceptors (Lipinski definition) is 5. The number of methoxy groups -OCH3 is 2. The number of aromatic nitrogens is 1. The molecule has 6 heteroatoms. The average molecular weight is 354 g/mol. The summed E-state index contributed by atoms with van der Waals surface area (Å²) in [6.07, 6.45) is 0. The molecular formula is C19H18N2O3S. The summed E-state index contributed by atoms with van der Waals surface area (Å²) in [5.74, 6) is 0.421. The first-order valence-corrected chi connectivity index (χ1v) is 8.58. The lowest BCUT2D eigenvalue weighted by Gasteiger charge is -2.10. The van der Waals surface area contributed by atoms with Gasteiger partial charge in [0, 0.05) is 11.1 Å². The molecule has 0 aliphatic carbocycles. The van der Waals surface area contributed by atoms with Crippen LogP contribution in [0.2, 0.25) is 0 Å². The third-order valence-corrected chi connectivity index (χ3v) is 4.54. The van der Waals surface area contributed by atoms with Gasteiger partial charge < -0.3 is 9.47 Å². The summed E-state index contributed by atoms with van der Waals surface area (Å²) in [5.41, 5.74) is 3.04. The standard InChI is InChI=1S/C19H18N2O3S/c1-23-16-10-8-15(9-11-16)21-17(14-6-4-3-5-7-14)13-25-19(21)20-12-18(22)24-2/h3-11,13H,12H2,1-2H3. The number of carbonyl (C=O) groups excluding carboxylic acids is 1. The molecule has 0 atom stereocenters.